The Morgan fingerprint density at radius 3 is 2.74 bits per heavy atom. The SMILES string of the molecule is CCOC(=O)N1CCC(Nc2ccc(NC(=O)Cc3cccs3)cn2)CC1. The second-order valence-corrected chi connectivity index (χ2v) is 7.37. The Balaban J connectivity index is 1.44. The van der Waals surface area contributed by atoms with Crippen LogP contribution in [0, 0.1) is 0 Å². The lowest BCUT2D eigenvalue weighted by Crippen LogP contribution is -2.42. The van der Waals surface area contributed by atoms with Crippen molar-refractivity contribution in [3.05, 3.63) is 40.7 Å². The van der Waals surface area contributed by atoms with Gasteiger partial charge in [-0.15, -0.1) is 11.3 Å². The molecule has 0 unspecified atom stereocenters. The summed E-state index contributed by atoms with van der Waals surface area (Å²) in [5.41, 5.74) is 0.680. The number of nitrogens with one attached hydrogen (secondary N) is 2. The number of piperidine rings is 1. The summed E-state index contributed by atoms with van der Waals surface area (Å²) < 4.78 is 5.03. The summed E-state index contributed by atoms with van der Waals surface area (Å²) in [6, 6.07) is 7.85. The lowest BCUT2D eigenvalue weighted by molar-refractivity contribution is -0.115. The number of likely N-dealkylation sites (tertiary alicyclic amines) is 1. The number of anilines is 2. The molecule has 2 aromatic rings. The minimum absolute atomic E-state index is 0.0497. The zero-order valence-corrected chi connectivity index (χ0v) is 16.1. The van der Waals surface area contributed by atoms with E-state index >= 15 is 0 Å². The van der Waals surface area contributed by atoms with Crippen LogP contribution in [-0.4, -0.2) is 47.6 Å². The van der Waals surface area contributed by atoms with Crippen molar-refractivity contribution in [3.8, 4) is 0 Å². The number of aromatic nitrogens is 1. The molecule has 0 spiro atoms. The normalized spacial score (nSPS) is 14.6. The number of carbonyl (C=O) groups is 2. The highest BCUT2D eigenvalue weighted by atomic mass is 32.1. The highest BCUT2D eigenvalue weighted by Crippen LogP contribution is 2.18. The summed E-state index contributed by atoms with van der Waals surface area (Å²) >= 11 is 1.57. The molecule has 1 aliphatic heterocycles. The quantitative estimate of drug-likeness (QED) is 0.793. The maximum absolute atomic E-state index is 12.0. The molecule has 0 bridgehead atoms. The van der Waals surface area contributed by atoms with E-state index in [9.17, 15) is 9.59 Å². The molecule has 0 aromatic carbocycles. The predicted molar refractivity (Wildman–Crippen MR) is 106 cm³/mol. The fraction of sp³-hybridized carbons (Fsp3) is 0.421. The average molecular weight is 388 g/mol. The Morgan fingerprint density at radius 2 is 2.11 bits per heavy atom. The van der Waals surface area contributed by atoms with Gasteiger partial charge in [-0.1, -0.05) is 6.07 Å². The molecule has 0 aliphatic carbocycles. The summed E-state index contributed by atoms with van der Waals surface area (Å²) in [6.45, 7) is 3.56. The highest BCUT2D eigenvalue weighted by Gasteiger charge is 2.23. The van der Waals surface area contributed by atoms with Crippen LogP contribution in [0.2, 0.25) is 0 Å². The van der Waals surface area contributed by atoms with E-state index < -0.39 is 0 Å². The molecule has 1 fully saturated rings. The molecule has 144 valence electrons. The van der Waals surface area contributed by atoms with Crippen molar-refractivity contribution in [3.63, 3.8) is 0 Å². The molecule has 27 heavy (non-hydrogen) atoms. The second kappa shape index (κ2) is 9.36. The molecule has 3 rings (SSSR count). The number of hydrogen-bond donors (Lipinski definition) is 2. The largest absolute Gasteiger partial charge is 0.450 e. The fourth-order valence-corrected chi connectivity index (χ4v) is 3.66. The summed E-state index contributed by atoms with van der Waals surface area (Å²) in [5, 5.41) is 8.21. The van der Waals surface area contributed by atoms with E-state index in [1.165, 1.54) is 0 Å². The number of pyridine rings is 1. The Morgan fingerprint density at radius 1 is 1.30 bits per heavy atom. The number of thiophene rings is 1. The molecule has 0 atom stereocenters. The smallest absolute Gasteiger partial charge is 0.409 e. The number of hydrogen-bond acceptors (Lipinski definition) is 6. The molecule has 8 heteroatoms. The van der Waals surface area contributed by atoms with Crippen molar-refractivity contribution in [2.24, 2.45) is 0 Å². The molecule has 1 aliphatic rings. The number of ether oxygens (including phenoxy) is 1. The lowest BCUT2D eigenvalue weighted by Gasteiger charge is -2.31. The maximum atomic E-state index is 12.0. The van der Waals surface area contributed by atoms with Gasteiger partial charge >= 0.3 is 6.09 Å². The van der Waals surface area contributed by atoms with Crippen LogP contribution >= 0.6 is 11.3 Å². The van der Waals surface area contributed by atoms with Crippen LogP contribution < -0.4 is 10.6 Å². The maximum Gasteiger partial charge on any atom is 0.409 e. The van der Waals surface area contributed by atoms with Crippen molar-refractivity contribution >= 4 is 34.8 Å². The van der Waals surface area contributed by atoms with Crippen LogP contribution in [0.4, 0.5) is 16.3 Å². The van der Waals surface area contributed by atoms with E-state index in [4.69, 9.17) is 4.74 Å². The molecule has 7 nitrogen and oxygen atoms in total. The number of carbonyl (C=O) groups excluding carboxylic acids is 2. The van der Waals surface area contributed by atoms with Gasteiger partial charge in [0, 0.05) is 24.0 Å². The third-order valence-corrected chi connectivity index (χ3v) is 5.21. The van der Waals surface area contributed by atoms with Gasteiger partial charge in [-0.2, -0.15) is 0 Å². The van der Waals surface area contributed by atoms with Gasteiger partial charge < -0.3 is 20.3 Å². The zero-order chi connectivity index (χ0) is 19.1. The topological polar surface area (TPSA) is 83.6 Å². The van der Waals surface area contributed by atoms with Gasteiger partial charge in [0.05, 0.1) is 24.9 Å². The molecule has 0 saturated carbocycles. The van der Waals surface area contributed by atoms with Gasteiger partial charge in [0.25, 0.3) is 0 Å². The molecule has 3 heterocycles. The van der Waals surface area contributed by atoms with Gasteiger partial charge in [0.2, 0.25) is 5.91 Å². The number of amides is 2. The van der Waals surface area contributed by atoms with E-state index in [1.54, 1.807) is 22.4 Å². The van der Waals surface area contributed by atoms with E-state index in [0.29, 0.717) is 31.8 Å². The minimum Gasteiger partial charge on any atom is -0.450 e. The molecule has 2 amide bonds. The first-order chi connectivity index (χ1) is 13.1. The summed E-state index contributed by atoms with van der Waals surface area (Å²) in [5.74, 6) is 0.715. The first kappa shape index (κ1) is 19.2. The first-order valence-corrected chi connectivity index (χ1v) is 9.98. The summed E-state index contributed by atoms with van der Waals surface area (Å²) in [6.07, 6.45) is 3.48. The third kappa shape index (κ3) is 5.68. The molecular formula is C19H24N4O3S. The predicted octanol–water partition coefficient (Wildman–Crippen LogP) is 3.36. The average Bonchev–Trinajstić information content (AvgIpc) is 3.17. The lowest BCUT2D eigenvalue weighted by atomic mass is 10.1. The Kier molecular flexibility index (Phi) is 6.64. The standard InChI is InChI=1S/C19H24N4O3S/c1-2-26-19(25)23-9-7-14(8-10-23)21-17-6-5-15(13-20-17)22-18(24)12-16-4-3-11-27-16/h3-6,11,13-14H,2,7-10,12H2,1H3,(H,20,21)(H,22,24). The van der Waals surface area contributed by atoms with Crippen molar-refractivity contribution in [1.29, 1.82) is 0 Å². The van der Waals surface area contributed by atoms with Crippen LogP contribution in [0.3, 0.4) is 0 Å². The van der Waals surface area contributed by atoms with E-state index in [0.717, 1.165) is 23.5 Å². The van der Waals surface area contributed by atoms with Crippen molar-refractivity contribution in [1.82, 2.24) is 9.88 Å². The monoisotopic (exact) mass is 388 g/mol. The number of rotatable bonds is 6. The Hall–Kier alpha value is -2.61. The number of nitrogens with zero attached hydrogens (tertiary/aromatic N) is 2. The van der Waals surface area contributed by atoms with Crippen molar-refractivity contribution < 1.29 is 14.3 Å². The summed E-state index contributed by atoms with van der Waals surface area (Å²) in [4.78, 5) is 30.9. The minimum atomic E-state index is -0.239. The molecule has 1 saturated heterocycles. The van der Waals surface area contributed by atoms with Gasteiger partial charge in [-0.25, -0.2) is 9.78 Å². The van der Waals surface area contributed by atoms with E-state index in [1.807, 2.05) is 36.6 Å². The molecule has 0 radical (unpaired) electrons. The van der Waals surface area contributed by atoms with E-state index in [-0.39, 0.29) is 18.0 Å². The van der Waals surface area contributed by atoms with Gasteiger partial charge in [0.15, 0.2) is 0 Å². The van der Waals surface area contributed by atoms with Crippen LogP contribution in [0.25, 0.3) is 0 Å². The van der Waals surface area contributed by atoms with Gasteiger partial charge in [-0.3, -0.25) is 4.79 Å². The molecular weight excluding hydrogens is 364 g/mol. The Bertz CT molecular complexity index is 741. The summed E-state index contributed by atoms with van der Waals surface area (Å²) in [7, 11) is 0. The fourth-order valence-electron chi connectivity index (χ4n) is 2.96. The van der Waals surface area contributed by atoms with Crippen LogP contribution in [0.1, 0.15) is 24.6 Å². The van der Waals surface area contributed by atoms with Crippen molar-refractivity contribution in [2.45, 2.75) is 32.2 Å². The van der Waals surface area contributed by atoms with Crippen LogP contribution in [0.5, 0.6) is 0 Å². The first-order valence-electron chi connectivity index (χ1n) is 9.10. The third-order valence-electron chi connectivity index (χ3n) is 4.34. The molecule has 2 N–H and O–H groups in total. The van der Waals surface area contributed by atoms with Crippen LogP contribution in [-0.2, 0) is 16.0 Å². The van der Waals surface area contributed by atoms with Crippen LogP contribution in [0.15, 0.2) is 35.8 Å². The van der Waals surface area contributed by atoms with Gasteiger partial charge in [0.1, 0.15) is 5.82 Å². The molecule has 2 aromatic heterocycles. The highest BCUT2D eigenvalue weighted by molar-refractivity contribution is 7.10. The second-order valence-electron chi connectivity index (χ2n) is 6.34. The van der Waals surface area contributed by atoms with Crippen molar-refractivity contribution in [2.75, 3.05) is 30.3 Å². The van der Waals surface area contributed by atoms with E-state index in [2.05, 4.69) is 15.6 Å². The Labute approximate surface area is 162 Å². The van der Waals surface area contributed by atoms with Gasteiger partial charge in [-0.05, 0) is 43.3 Å². The zero-order valence-electron chi connectivity index (χ0n) is 15.3.